The second kappa shape index (κ2) is 3.40. The van der Waals surface area contributed by atoms with Crippen molar-refractivity contribution in [2.45, 2.75) is 25.9 Å². The topological polar surface area (TPSA) is 66.5 Å². The molecule has 6 heteroatoms. The summed E-state index contributed by atoms with van der Waals surface area (Å²) >= 11 is 0. The molecule has 1 aliphatic rings. The molecule has 3 heterocycles. The molecule has 0 spiro atoms. The number of fused-ring (bicyclic) bond motifs is 1. The minimum Gasteiger partial charge on any atom is -0.388 e. The molecule has 1 atom stereocenters. The quantitative estimate of drug-likeness (QED) is 0.772. The van der Waals surface area contributed by atoms with Crippen molar-refractivity contribution in [3.8, 4) is 0 Å². The van der Waals surface area contributed by atoms with Crippen LogP contribution in [0.5, 0.6) is 0 Å². The van der Waals surface area contributed by atoms with Crippen LogP contribution in [0.2, 0.25) is 0 Å². The summed E-state index contributed by atoms with van der Waals surface area (Å²) in [5.41, 5.74) is 0.117. The SMILES string of the molecule is Cc1nnc2c(N3CCC(C)(O)C3)nccn12. The lowest BCUT2D eigenvalue weighted by atomic mass is 10.1. The van der Waals surface area contributed by atoms with Crippen LogP contribution in [0.1, 0.15) is 19.2 Å². The number of aliphatic hydroxyl groups is 1. The average molecular weight is 233 g/mol. The van der Waals surface area contributed by atoms with Crippen molar-refractivity contribution >= 4 is 11.5 Å². The Labute approximate surface area is 98.9 Å². The first-order chi connectivity index (χ1) is 8.07. The lowest BCUT2D eigenvalue weighted by Crippen LogP contribution is -2.30. The van der Waals surface area contributed by atoms with Gasteiger partial charge in [-0.2, -0.15) is 0 Å². The first kappa shape index (κ1) is 10.5. The van der Waals surface area contributed by atoms with Crippen molar-refractivity contribution in [1.82, 2.24) is 19.6 Å². The second-order valence-corrected chi connectivity index (χ2v) is 4.86. The molecular formula is C11H15N5O. The van der Waals surface area contributed by atoms with E-state index in [1.54, 1.807) is 6.20 Å². The summed E-state index contributed by atoms with van der Waals surface area (Å²) in [5.74, 6) is 1.64. The van der Waals surface area contributed by atoms with Crippen molar-refractivity contribution < 1.29 is 5.11 Å². The summed E-state index contributed by atoms with van der Waals surface area (Å²) < 4.78 is 1.91. The molecule has 17 heavy (non-hydrogen) atoms. The van der Waals surface area contributed by atoms with Crippen LogP contribution in [0.3, 0.4) is 0 Å². The lowest BCUT2D eigenvalue weighted by Gasteiger charge is -2.19. The van der Waals surface area contributed by atoms with E-state index >= 15 is 0 Å². The van der Waals surface area contributed by atoms with E-state index in [4.69, 9.17) is 0 Å². The zero-order chi connectivity index (χ0) is 12.0. The largest absolute Gasteiger partial charge is 0.388 e. The van der Waals surface area contributed by atoms with Gasteiger partial charge in [0.05, 0.1) is 5.60 Å². The number of rotatable bonds is 1. The molecule has 0 radical (unpaired) electrons. The molecule has 0 bridgehead atoms. The van der Waals surface area contributed by atoms with Crippen LogP contribution in [0, 0.1) is 6.92 Å². The Bertz CT molecular complexity index is 562. The molecule has 2 aromatic heterocycles. The minimum absolute atomic E-state index is 0.589. The minimum atomic E-state index is -0.635. The maximum absolute atomic E-state index is 9.99. The monoisotopic (exact) mass is 233 g/mol. The van der Waals surface area contributed by atoms with Gasteiger partial charge in [0, 0.05) is 25.5 Å². The molecule has 1 aliphatic heterocycles. The number of aromatic nitrogens is 4. The normalized spacial score (nSPS) is 24.8. The van der Waals surface area contributed by atoms with Gasteiger partial charge in [0.15, 0.2) is 5.82 Å². The maximum Gasteiger partial charge on any atom is 0.203 e. The summed E-state index contributed by atoms with van der Waals surface area (Å²) in [5, 5.41) is 18.2. The first-order valence-corrected chi connectivity index (χ1v) is 5.70. The van der Waals surface area contributed by atoms with Gasteiger partial charge in [0.2, 0.25) is 5.65 Å². The summed E-state index contributed by atoms with van der Waals surface area (Å²) in [6, 6.07) is 0. The van der Waals surface area contributed by atoms with Crippen molar-refractivity contribution in [1.29, 1.82) is 0 Å². The third kappa shape index (κ3) is 1.64. The third-order valence-corrected chi connectivity index (χ3v) is 3.23. The molecule has 1 fully saturated rings. The standard InChI is InChI=1S/C11H15N5O/c1-8-13-14-10-9(12-4-6-16(8)10)15-5-3-11(2,17)7-15/h4,6,17H,3,5,7H2,1-2H3. The zero-order valence-electron chi connectivity index (χ0n) is 9.96. The lowest BCUT2D eigenvalue weighted by molar-refractivity contribution is 0.0839. The van der Waals surface area contributed by atoms with Gasteiger partial charge in [0.25, 0.3) is 0 Å². The molecule has 1 saturated heterocycles. The zero-order valence-corrected chi connectivity index (χ0v) is 9.96. The molecule has 0 saturated carbocycles. The Balaban J connectivity index is 2.06. The number of nitrogens with zero attached hydrogens (tertiary/aromatic N) is 5. The van der Waals surface area contributed by atoms with Gasteiger partial charge in [-0.05, 0) is 20.3 Å². The van der Waals surface area contributed by atoms with Crippen molar-refractivity contribution in [2.24, 2.45) is 0 Å². The van der Waals surface area contributed by atoms with E-state index in [2.05, 4.69) is 20.1 Å². The Morgan fingerprint density at radius 1 is 1.41 bits per heavy atom. The van der Waals surface area contributed by atoms with E-state index in [-0.39, 0.29) is 0 Å². The Morgan fingerprint density at radius 3 is 2.94 bits per heavy atom. The fourth-order valence-electron chi connectivity index (χ4n) is 2.28. The van der Waals surface area contributed by atoms with Gasteiger partial charge in [0.1, 0.15) is 5.82 Å². The second-order valence-electron chi connectivity index (χ2n) is 4.86. The Kier molecular flexibility index (Phi) is 2.09. The van der Waals surface area contributed by atoms with E-state index in [9.17, 15) is 5.11 Å². The Hall–Kier alpha value is -1.69. The van der Waals surface area contributed by atoms with Crippen LogP contribution in [0.25, 0.3) is 5.65 Å². The number of β-amino-alcohol motifs (C(OH)–C–C–N with tert-alkyl or cyclic N) is 1. The van der Waals surface area contributed by atoms with Gasteiger partial charge >= 0.3 is 0 Å². The predicted molar refractivity (Wildman–Crippen MR) is 63.0 cm³/mol. The molecule has 0 aliphatic carbocycles. The van der Waals surface area contributed by atoms with Crippen LogP contribution >= 0.6 is 0 Å². The van der Waals surface area contributed by atoms with Crippen LogP contribution in [-0.2, 0) is 0 Å². The van der Waals surface area contributed by atoms with Gasteiger partial charge in [-0.15, -0.1) is 10.2 Å². The van der Waals surface area contributed by atoms with Crippen LogP contribution < -0.4 is 4.90 Å². The van der Waals surface area contributed by atoms with E-state index in [0.29, 0.717) is 6.54 Å². The molecule has 6 nitrogen and oxygen atoms in total. The highest BCUT2D eigenvalue weighted by Crippen LogP contribution is 2.27. The smallest absolute Gasteiger partial charge is 0.203 e. The third-order valence-electron chi connectivity index (χ3n) is 3.23. The molecule has 0 aromatic carbocycles. The molecule has 3 rings (SSSR count). The molecule has 2 aromatic rings. The van der Waals surface area contributed by atoms with Crippen molar-refractivity contribution in [3.05, 3.63) is 18.2 Å². The first-order valence-electron chi connectivity index (χ1n) is 5.70. The number of hydrogen-bond donors (Lipinski definition) is 1. The van der Waals surface area contributed by atoms with Crippen LogP contribution in [0.15, 0.2) is 12.4 Å². The number of hydrogen-bond acceptors (Lipinski definition) is 5. The fraction of sp³-hybridized carbons (Fsp3) is 0.545. The van der Waals surface area contributed by atoms with Crippen LogP contribution in [-0.4, -0.2) is 43.4 Å². The van der Waals surface area contributed by atoms with Gasteiger partial charge in [-0.3, -0.25) is 4.40 Å². The molecule has 1 N–H and O–H groups in total. The van der Waals surface area contributed by atoms with Crippen molar-refractivity contribution in [3.63, 3.8) is 0 Å². The van der Waals surface area contributed by atoms with Crippen LogP contribution in [0.4, 0.5) is 5.82 Å². The molecule has 1 unspecified atom stereocenters. The summed E-state index contributed by atoms with van der Waals surface area (Å²) in [6.45, 7) is 5.14. The highest BCUT2D eigenvalue weighted by atomic mass is 16.3. The maximum atomic E-state index is 9.99. The summed E-state index contributed by atoms with van der Waals surface area (Å²) in [4.78, 5) is 6.42. The highest BCUT2D eigenvalue weighted by molar-refractivity contribution is 5.64. The molecule has 0 amide bonds. The fourth-order valence-corrected chi connectivity index (χ4v) is 2.28. The highest BCUT2D eigenvalue weighted by Gasteiger charge is 2.33. The van der Waals surface area contributed by atoms with E-state index in [0.717, 1.165) is 30.3 Å². The van der Waals surface area contributed by atoms with Gasteiger partial charge in [-0.25, -0.2) is 4.98 Å². The number of anilines is 1. The summed E-state index contributed by atoms with van der Waals surface area (Å²) in [6.07, 6.45) is 4.34. The van der Waals surface area contributed by atoms with Gasteiger partial charge in [-0.1, -0.05) is 0 Å². The van der Waals surface area contributed by atoms with Crippen molar-refractivity contribution in [2.75, 3.05) is 18.0 Å². The van der Waals surface area contributed by atoms with Gasteiger partial charge < -0.3 is 10.0 Å². The molecule has 90 valence electrons. The predicted octanol–water partition coefficient (Wildman–Crippen LogP) is 0.394. The average Bonchev–Trinajstić information content (AvgIpc) is 2.83. The van der Waals surface area contributed by atoms with E-state index in [1.807, 2.05) is 24.4 Å². The number of aryl methyl sites for hydroxylation is 1. The summed E-state index contributed by atoms with van der Waals surface area (Å²) in [7, 11) is 0. The van der Waals surface area contributed by atoms with E-state index < -0.39 is 5.60 Å². The van der Waals surface area contributed by atoms with E-state index in [1.165, 1.54) is 0 Å². The Morgan fingerprint density at radius 2 is 2.24 bits per heavy atom. The molecular weight excluding hydrogens is 218 g/mol.